The minimum Gasteiger partial charge on any atom is -0.423 e. The topological polar surface area (TPSA) is 45.4 Å². The third-order valence-electron chi connectivity index (χ3n) is 5.04. The van der Waals surface area contributed by atoms with Crippen molar-refractivity contribution in [3.8, 4) is 0 Å². The summed E-state index contributed by atoms with van der Waals surface area (Å²) in [5.74, 6) is 0. The zero-order valence-corrected chi connectivity index (χ0v) is 14.5. The van der Waals surface area contributed by atoms with E-state index in [4.69, 9.17) is 4.42 Å². The Morgan fingerprint density at radius 2 is 1.73 bits per heavy atom. The van der Waals surface area contributed by atoms with Crippen molar-refractivity contribution in [3.05, 3.63) is 66.4 Å². The molecule has 5 rings (SSSR count). The van der Waals surface area contributed by atoms with Gasteiger partial charge in [0.2, 0.25) is 0 Å². The molecule has 26 heavy (non-hydrogen) atoms. The second kappa shape index (κ2) is 6.42. The molecule has 1 saturated heterocycles. The molecule has 0 spiro atoms. The Hall–Kier alpha value is -2.92. The summed E-state index contributed by atoms with van der Waals surface area (Å²) in [6.07, 6.45) is 1.87. The molecule has 3 heterocycles. The van der Waals surface area contributed by atoms with Gasteiger partial charge in [-0.2, -0.15) is 4.98 Å². The molecule has 1 aliphatic heterocycles. The van der Waals surface area contributed by atoms with Gasteiger partial charge >= 0.3 is 0 Å². The highest BCUT2D eigenvalue weighted by Gasteiger charge is 2.21. The van der Waals surface area contributed by atoms with E-state index in [2.05, 4.69) is 44.0 Å². The minimum absolute atomic E-state index is 0.734. The summed E-state index contributed by atoms with van der Waals surface area (Å²) in [5.41, 5.74) is 4.17. The predicted octanol–water partition coefficient (Wildman–Crippen LogP) is 3.70. The van der Waals surface area contributed by atoms with Crippen molar-refractivity contribution in [3.63, 3.8) is 0 Å². The van der Waals surface area contributed by atoms with Crippen molar-refractivity contribution in [2.24, 2.45) is 0 Å². The fraction of sp³-hybridized carbons (Fsp3) is 0.238. The van der Waals surface area contributed by atoms with E-state index in [1.807, 2.05) is 36.5 Å². The summed E-state index contributed by atoms with van der Waals surface area (Å²) in [5, 5.41) is 1.20. The van der Waals surface area contributed by atoms with Gasteiger partial charge in [0.15, 0.2) is 5.58 Å². The maximum Gasteiger partial charge on any atom is 0.298 e. The Kier molecular flexibility index (Phi) is 3.79. The van der Waals surface area contributed by atoms with Crippen LogP contribution in [0.5, 0.6) is 0 Å². The lowest BCUT2D eigenvalue weighted by Gasteiger charge is -2.33. The Bertz CT molecular complexity index is 1010. The number of para-hydroxylation sites is 3. The number of fused-ring (bicyclic) bond motifs is 2. The first-order chi connectivity index (χ1) is 12.9. The lowest BCUT2D eigenvalue weighted by molar-refractivity contribution is 0.246. The fourth-order valence-electron chi connectivity index (χ4n) is 3.63. The van der Waals surface area contributed by atoms with Gasteiger partial charge < -0.3 is 9.32 Å². The van der Waals surface area contributed by atoms with Crippen molar-refractivity contribution in [1.82, 2.24) is 14.9 Å². The number of rotatable bonds is 3. The van der Waals surface area contributed by atoms with Crippen LogP contribution in [0, 0.1) is 0 Å². The number of aromatic nitrogens is 2. The first-order valence-electron chi connectivity index (χ1n) is 9.02. The maximum atomic E-state index is 5.90. The number of anilines is 1. The van der Waals surface area contributed by atoms with Crippen LogP contribution in [0.4, 0.5) is 6.01 Å². The summed E-state index contributed by atoms with van der Waals surface area (Å²) in [4.78, 5) is 13.9. The van der Waals surface area contributed by atoms with Gasteiger partial charge in [0.05, 0.1) is 5.52 Å². The summed E-state index contributed by atoms with van der Waals surface area (Å²) in [6.45, 7) is 4.75. The molecule has 2 aromatic heterocycles. The van der Waals surface area contributed by atoms with Crippen LogP contribution in [-0.4, -0.2) is 41.0 Å². The number of hydrogen-bond donors (Lipinski definition) is 0. The molecule has 5 heteroatoms. The number of hydrogen-bond acceptors (Lipinski definition) is 5. The van der Waals surface area contributed by atoms with Crippen LogP contribution in [0.3, 0.4) is 0 Å². The van der Waals surface area contributed by atoms with E-state index in [1.165, 1.54) is 10.9 Å². The highest BCUT2D eigenvalue weighted by atomic mass is 16.4. The van der Waals surface area contributed by atoms with Crippen LogP contribution in [0.1, 0.15) is 5.56 Å². The molecule has 0 unspecified atom stereocenters. The quantitative estimate of drug-likeness (QED) is 0.567. The normalized spacial score (nSPS) is 15.8. The molecular weight excluding hydrogens is 324 g/mol. The van der Waals surface area contributed by atoms with Crippen LogP contribution in [0.2, 0.25) is 0 Å². The van der Waals surface area contributed by atoms with E-state index in [9.17, 15) is 0 Å². The molecule has 130 valence electrons. The molecule has 0 atom stereocenters. The smallest absolute Gasteiger partial charge is 0.298 e. The van der Waals surface area contributed by atoms with Crippen molar-refractivity contribution in [2.45, 2.75) is 6.54 Å². The van der Waals surface area contributed by atoms with Gasteiger partial charge in [-0.15, -0.1) is 0 Å². The minimum atomic E-state index is 0.734. The van der Waals surface area contributed by atoms with Gasteiger partial charge in [-0.1, -0.05) is 36.4 Å². The SMILES string of the molecule is c1cnc2c(CN3CCN(c4nc5ccccc5o4)CC3)cccc2c1. The molecular formula is C21H20N4O. The average molecular weight is 344 g/mol. The molecule has 1 fully saturated rings. The van der Waals surface area contributed by atoms with E-state index >= 15 is 0 Å². The lowest BCUT2D eigenvalue weighted by Crippen LogP contribution is -2.46. The van der Waals surface area contributed by atoms with Crippen LogP contribution < -0.4 is 4.90 Å². The molecule has 0 amide bonds. The Morgan fingerprint density at radius 3 is 2.62 bits per heavy atom. The van der Waals surface area contributed by atoms with Crippen molar-refractivity contribution >= 4 is 28.0 Å². The number of nitrogens with zero attached hydrogens (tertiary/aromatic N) is 4. The predicted molar refractivity (Wildman–Crippen MR) is 103 cm³/mol. The van der Waals surface area contributed by atoms with E-state index in [0.29, 0.717) is 0 Å². The highest BCUT2D eigenvalue weighted by Crippen LogP contribution is 2.23. The van der Waals surface area contributed by atoms with Crippen LogP contribution in [0.15, 0.2) is 65.2 Å². The molecule has 5 nitrogen and oxygen atoms in total. The number of piperazine rings is 1. The maximum absolute atomic E-state index is 5.90. The fourth-order valence-corrected chi connectivity index (χ4v) is 3.63. The molecule has 0 aliphatic carbocycles. The van der Waals surface area contributed by atoms with Crippen molar-refractivity contribution < 1.29 is 4.42 Å². The van der Waals surface area contributed by atoms with Crippen molar-refractivity contribution in [1.29, 1.82) is 0 Å². The molecule has 0 bridgehead atoms. The number of pyridine rings is 1. The second-order valence-corrected chi connectivity index (χ2v) is 6.72. The van der Waals surface area contributed by atoms with Gasteiger partial charge in [-0.3, -0.25) is 9.88 Å². The van der Waals surface area contributed by atoms with Crippen LogP contribution >= 0.6 is 0 Å². The molecule has 2 aromatic carbocycles. The molecule has 0 saturated carbocycles. The first kappa shape index (κ1) is 15.3. The van der Waals surface area contributed by atoms with Gasteiger partial charge in [0.25, 0.3) is 6.01 Å². The Balaban J connectivity index is 1.29. The molecule has 1 aliphatic rings. The molecule has 0 N–H and O–H groups in total. The van der Waals surface area contributed by atoms with Gasteiger partial charge in [0.1, 0.15) is 5.52 Å². The summed E-state index contributed by atoms with van der Waals surface area (Å²) < 4.78 is 5.90. The first-order valence-corrected chi connectivity index (χ1v) is 9.02. The van der Waals surface area contributed by atoms with Gasteiger partial charge in [-0.05, 0) is 23.8 Å². The van der Waals surface area contributed by atoms with Crippen LogP contribution in [-0.2, 0) is 6.54 Å². The summed E-state index contributed by atoms with van der Waals surface area (Å²) >= 11 is 0. The lowest BCUT2D eigenvalue weighted by atomic mass is 10.1. The van der Waals surface area contributed by atoms with Crippen molar-refractivity contribution in [2.75, 3.05) is 31.1 Å². The van der Waals surface area contributed by atoms with Crippen LogP contribution in [0.25, 0.3) is 22.0 Å². The molecule has 4 aromatic rings. The number of oxazole rings is 1. The average Bonchev–Trinajstić information content (AvgIpc) is 3.13. The zero-order valence-electron chi connectivity index (χ0n) is 14.5. The third kappa shape index (κ3) is 2.80. The largest absolute Gasteiger partial charge is 0.423 e. The Labute approximate surface area is 151 Å². The van der Waals surface area contributed by atoms with Gasteiger partial charge in [0, 0.05) is 44.3 Å². The second-order valence-electron chi connectivity index (χ2n) is 6.72. The Morgan fingerprint density at radius 1 is 0.885 bits per heavy atom. The molecule has 0 radical (unpaired) electrons. The van der Waals surface area contributed by atoms with E-state index in [-0.39, 0.29) is 0 Å². The number of benzene rings is 2. The van der Waals surface area contributed by atoms with Gasteiger partial charge in [-0.25, -0.2) is 0 Å². The standard InChI is InChI=1S/C21H20N4O/c1-2-9-19-18(8-1)23-21(26-19)25-13-11-24(12-14-25)15-17-6-3-5-16-7-4-10-22-20(16)17/h1-10H,11-15H2. The summed E-state index contributed by atoms with van der Waals surface area (Å²) in [7, 11) is 0. The van der Waals surface area contributed by atoms with E-state index in [1.54, 1.807) is 0 Å². The van der Waals surface area contributed by atoms with E-state index in [0.717, 1.165) is 55.4 Å². The monoisotopic (exact) mass is 344 g/mol. The zero-order chi connectivity index (χ0) is 17.3. The summed E-state index contributed by atoms with van der Waals surface area (Å²) in [6, 6.07) is 19.2. The van der Waals surface area contributed by atoms with E-state index < -0.39 is 0 Å². The third-order valence-corrected chi connectivity index (χ3v) is 5.04. The highest BCUT2D eigenvalue weighted by molar-refractivity contribution is 5.81.